The summed E-state index contributed by atoms with van der Waals surface area (Å²) in [5.41, 5.74) is 0. The summed E-state index contributed by atoms with van der Waals surface area (Å²) in [7, 11) is -0.131. The predicted molar refractivity (Wildman–Crippen MR) is 197 cm³/mol. The van der Waals surface area contributed by atoms with Crippen molar-refractivity contribution >= 4 is 10.4 Å². The molecule has 0 aromatic carbocycles. The quantitative estimate of drug-likeness (QED) is 0.0331. The molecule has 7 heteroatoms. The largest absolute Gasteiger partial charge is 0.759 e. The van der Waals surface area contributed by atoms with Gasteiger partial charge in [0.05, 0.1) is 53.4 Å². The van der Waals surface area contributed by atoms with Crippen LogP contribution in [0.5, 0.6) is 0 Å². The Hall–Kier alpha value is -0.210. The molecule has 0 fully saturated rings. The average Bonchev–Trinajstić information content (AvgIpc) is 2.98. The molecule has 45 heavy (non-hydrogen) atoms. The molecule has 0 N–H and O–H groups in total. The summed E-state index contributed by atoms with van der Waals surface area (Å²) in [6, 6.07) is 0. The first-order valence-electron chi connectivity index (χ1n) is 19.7. The molecule has 0 amide bonds. The summed E-state index contributed by atoms with van der Waals surface area (Å²) in [6.45, 7) is 22.3. The van der Waals surface area contributed by atoms with Gasteiger partial charge in [0.1, 0.15) is 0 Å². The Morgan fingerprint density at radius 2 is 0.467 bits per heavy atom. The highest BCUT2D eigenvalue weighted by atomic mass is 32.3. The molecule has 0 bridgehead atoms. The lowest BCUT2D eigenvalue weighted by Crippen LogP contribution is -2.46. The summed E-state index contributed by atoms with van der Waals surface area (Å²) in [5, 5.41) is 0. The van der Waals surface area contributed by atoms with E-state index in [1.165, 1.54) is 202 Å². The van der Waals surface area contributed by atoms with E-state index in [2.05, 4.69) is 55.6 Å². The summed E-state index contributed by atoms with van der Waals surface area (Å²) < 4.78 is 36.8. The van der Waals surface area contributed by atoms with Crippen molar-refractivity contribution in [1.29, 1.82) is 0 Å². The molecule has 0 aliphatic heterocycles. The molecule has 6 nitrogen and oxygen atoms in total. The van der Waals surface area contributed by atoms with E-state index in [1.807, 2.05) is 0 Å². The van der Waals surface area contributed by atoms with Crippen molar-refractivity contribution < 1.29 is 26.5 Å². The second-order valence-corrected chi connectivity index (χ2v) is 15.2. The fourth-order valence-electron chi connectivity index (χ4n) is 6.19. The van der Waals surface area contributed by atoms with Gasteiger partial charge in [-0.25, -0.2) is 0 Å². The fraction of sp³-hybridized carbons (Fsp3) is 1.00. The maximum atomic E-state index is 8.52. The Morgan fingerprint density at radius 1 is 0.333 bits per heavy atom. The Labute approximate surface area is 285 Å². The van der Waals surface area contributed by atoms with Gasteiger partial charge < -0.3 is 18.1 Å². The van der Waals surface area contributed by atoms with E-state index in [4.69, 9.17) is 17.5 Å². The molecule has 0 spiro atoms. The minimum absolute atomic E-state index is 1.34. The van der Waals surface area contributed by atoms with Gasteiger partial charge in [-0.1, -0.05) is 119 Å². The lowest BCUT2D eigenvalue weighted by Gasteiger charge is -2.35. The third-order valence-corrected chi connectivity index (χ3v) is 9.31. The Balaban J connectivity index is -0.000000680. The van der Waals surface area contributed by atoms with Crippen LogP contribution in [0.2, 0.25) is 0 Å². The van der Waals surface area contributed by atoms with E-state index < -0.39 is 10.4 Å². The van der Waals surface area contributed by atoms with Crippen LogP contribution in [0.4, 0.5) is 0 Å². The molecule has 0 heterocycles. The second kappa shape index (κ2) is 35.1. The second-order valence-electron chi connectivity index (χ2n) is 14.4. The molecule has 0 unspecified atom stereocenters. The molecule has 276 valence electrons. The van der Waals surface area contributed by atoms with Crippen LogP contribution in [-0.2, 0) is 10.4 Å². The van der Waals surface area contributed by atoms with E-state index in [1.54, 1.807) is 0 Å². The monoisotopic (exact) mass is 665 g/mol. The third-order valence-electron chi connectivity index (χ3n) is 9.31. The fourth-order valence-corrected chi connectivity index (χ4v) is 6.19. The Bertz CT molecular complexity index is 560. The van der Waals surface area contributed by atoms with Crippen LogP contribution in [0, 0.1) is 0 Å². The normalized spacial score (nSPS) is 12.0. The zero-order valence-corrected chi connectivity index (χ0v) is 33.0. The molecule has 0 aromatic rings. The van der Waals surface area contributed by atoms with Crippen molar-refractivity contribution in [2.24, 2.45) is 0 Å². The molecule has 0 saturated heterocycles. The lowest BCUT2D eigenvalue weighted by atomic mass is 10.1. The number of unbranched alkanes of at least 4 members (excludes halogenated alkanes) is 18. The topological polar surface area (TPSA) is 80.3 Å². The van der Waals surface area contributed by atoms with Crippen molar-refractivity contribution in [3.63, 3.8) is 0 Å². The first kappa shape index (κ1) is 49.2. The maximum absolute atomic E-state index is 8.52. The highest BCUT2D eigenvalue weighted by Gasteiger charge is 2.21. The first-order valence-corrected chi connectivity index (χ1v) is 21.0. The summed E-state index contributed by atoms with van der Waals surface area (Å²) in [4.78, 5) is 0. The molecule has 0 rings (SSSR count). The van der Waals surface area contributed by atoms with Gasteiger partial charge in [0.25, 0.3) is 0 Å². The molecule has 0 saturated carbocycles. The van der Waals surface area contributed by atoms with Crippen molar-refractivity contribution in [3.05, 3.63) is 0 Å². The molecule has 0 aromatic heterocycles. The van der Waals surface area contributed by atoms with Gasteiger partial charge in [0, 0.05) is 10.4 Å². The molecular weight excluding hydrogens is 580 g/mol. The van der Waals surface area contributed by atoms with E-state index >= 15 is 0 Å². The van der Waals surface area contributed by atoms with Gasteiger partial charge >= 0.3 is 0 Å². The minimum atomic E-state index is -5.17. The van der Waals surface area contributed by atoms with Crippen LogP contribution in [-0.4, -0.2) is 79.9 Å². The number of quaternary nitrogens is 2. The number of nitrogens with zero attached hydrogens (tertiary/aromatic N) is 2. The van der Waals surface area contributed by atoms with E-state index in [9.17, 15) is 0 Å². The van der Waals surface area contributed by atoms with Gasteiger partial charge in [0.2, 0.25) is 0 Å². The van der Waals surface area contributed by atoms with Crippen molar-refractivity contribution in [3.8, 4) is 0 Å². The smallest absolute Gasteiger partial charge is 0.0784 e. The van der Waals surface area contributed by atoms with Crippen LogP contribution in [0.1, 0.15) is 196 Å². The van der Waals surface area contributed by atoms with Crippen LogP contribution in [0.15, 0.2) is 0 Å². The number of hydrogen-bond donors (Lipinski definition) is 0. The highest BCUT2D eigenvalue weighted by Crippen LogP contribution is 2.16. The zero-order valence-electron chi connectivity index (χ0n) is 32.1. The van der Waals surface area contributed by atoms with Gasteiger partial charge in [-0.2, -0.15) is 0 Å². The lowest BCUT2D eigenvalue weighted by molar-refractivity contribution is -0.910. The van der Waals surface area contributed by atoms with Gasteiger partial charge in [-0.15, -0.1) is 0 Å². The number of hydrogen-bond acceptors (Lipinski definition) is 4. The van der Waals surface area contributed by atoms with Gasteiger partial charge in [-0.05, 0) is 77.0 Å². The maximum Gasteiger partial charge on any atom is 0.0784 e. The predicted octanol–water partition coefficient (Wildman–Crippen LogP) is 11.0. The summed E-state index contributed by atoms with van der Waals surface area (Å²) >= 11 is 0. The van der Waals surface area contributed by atoms with E-state index in [-0.39, 0.29) is 0 Å². The minimum Gasteiger partial charge on any atom is -0.759 e. The van der Waals surface area contributed by atoms with Crippen molar-refractivity contribution in [1.82, 2.24) is 0 Å². The molecule has 0 radical (unpaired) electrons. The third kappa shape index (κ3) is 43.8. The van der Waals surface area contributed by atoms with E-state index in [0.29, 0.717) is 0 Å². The molecule has 0 aliphatic carbocycles. The van der Waals surface area contributed by atoms with Crippen molar-refractivity contribution in [2.45, 2.75) is 196 Å². The van der Waals surface area contributed by atoms with Gasteiger partial charge in [-0.3, -0.25) is 8.42 Å². The van der Waals surface area contributed by atoms with E-state index in [0.717, 1.165) is 0 Å². The van der Waals surface area contributed by atoms with Gasteiger partial charge in [0.15, 0.2) is 0 Å². The standard InChI is InChI=1S/2C19H42N.H2O4S/c2*1-5-8-11-14-17-20(4,18-15-12-9-6-2)19-16-13-10-7-3;1-5(2,3)4/h2*5-19H2,1-4H3;(H2,1,2,3,4)/q2*+1;/p-2. The summed E-state index contributed by atoms with van der Waals surface area (Å²) in [6.07, 6.45) is 33.9. The number of rotatable bonds is 30. The molecule has 0 atom stereocenters. The summed E-state index contributed by atoms with van der Waals surface area (Å²) in [5.74, 6) is 0. The average molecular weight is 665 g/mol. The highest BCUT2D eigenvalue weighted by molar-refractivity contribution is 7.79. The molecule has 0 aliphatic rings. The van der Waals surface area contributed by atoms with Crippen LogP contribution >= 0.6 is 0 Å². The van der Waals surface area contributed by atoms with Crippen LogP contribution < -0.4 is 0 Å². The Morgan fingerprint density at radius 3 is 0.578 bits per heavy atom. The first-order chi connectivity index (χ1) is 21.4. The Kier molecular flexibility index (Phi) is 38.4. The van der Waals surface area contributed by atoms with Crippen molar-refractivity contribution in [2.75, 3.05) is 53.4 Å². The zero-order chi connectivity index (χ0) is 34.7. The van der Waals surface area contributed by atoms with Crippen LogP contribution in [0.3, 0.4) is 0 Å². The SMILES string of the molecule is CCCCCC[N+](C)(CCCCCC)CCCCCC.CCCCCC[N+](C)(CCCCCC)CCCCCC.O=S(=O)([O-])[O-]. The van der Waals surface area contributed by atoms with Crippen LogP contribution in [0.25, 0.3) is 0 Å². The molecular formula is C38H84N2O4S.